The molecule has 98 valence electrons. The van der Waals surface area contributed by atoms with Gasteiger partial charge in [0.25, 0.3) is 0 Å². The van der Waals surface area contributed by atoms with Gasteiger partial charge in [-0.25, -0.2) is 4.98 Å². The smallest absolute Gasteiger partial charge is 0.212 e. The van der Waals surface area contributed by atoms with Crippen LogP contribution in [0.1, 0.15) is 19.4 Å². The number of aromatic nitrogens is 1. The van der Waals surface area contributed by atoms with Crippen LogP contribution in [0.3, 0.4) is 0 Å². The highest BCUT2D eigenvalue weighted by Gasteiger charge is 2.22. The van der Waals surface area contributed by atoms with E-state index in [0.717, 1.165) is 16.5 Å². The number of rotatable bonds is 4. The molecule has 1 aliphatic rings. The minimum Gasteiger partial charge on any atom is -0.481 e. The minimum absolute atomic E-state index is 0.544. The molecule has 0 spiro atoms. The van der Waals surface area contributed by atoms with Crippen molar-refractivity contribution in [2.75, 3.05) is 12.9 Å². The predicted molar refractivity (Wildman–Crippen MR) is 76.1 cm³/mol. The highest BCUT2D eigenvalue weighted by molar-refractivity contribution is 8.14. The Morgan fingerprint density at radius 2 is 2.39 bits per heavy atom. The van der Waals surface area contributed by atoms with Crippen LogP contribution in [0.15, 0.2) is 23.3 Å². The largest absolute Gasteiger partial charge is 0.481 e. The van der Waals surface area contributed by atoms with Gasteiger partial charge in [0, 0.05) is 24.1 Å². The molecule has 1 saturated heterocycles. The fraction of sp³-hybridized carbons (Fsp3) is 0.538. The molecule has 0 saturated carbocycles. The first-order valence-electron chi connectivity index (χ1n) is 6.11. The maximum atomic E-state index is 5.02. The van der Waals surface area contributed by atoms with Gasteiger partial charge in [0.1, 0.15) is 0 Å². The van der Waals surface area contributed by atoms with Crippen molar-refractivity contribution in [2.45, 2.75) is 26.4 Å². The third-order valence-corrected chi connectivity index (χ3v) is 3.97. The molecule has 18 heavy (non-hydrogen) atoms. The van der Waals surface area contributed by atoms with Crippen LogP contribution in [0.4, 0.5) is 0 Å². The van der Waals surface area contributed by atoms with Crippen molar-refractivity contribution < 1.29 is 4.74 Å². The van der Waals surface area contributed by atoms with Crippen molar-refractivity contribution in [1.29, 1.82) is 0 Å². The van der Waals surface area contributed by atoms with Gasteiger partial charge in [-0.1, -0.05) is 31.7 Å². The summed E-state index contributed by atoms with van der Waals surface area (Å²) in [7, 11) is 1.62. The molecular weight excluding hydrogens is 246 g/mol. The van der Waals surface area contributed by atoms with Crippen molar-refractivity contribution in [2.24, 2.45) is 10.9 Å². The van der Waals surface area contributed by atoms with Crippen LogP contribution in [0.25, 0.3) is 0 Å². The maximum Gasteiger partial charge on any atom is 0.212 e. The minimum atomic E-state index is 0.544. The first kappa shape index (κ1) is 13.2. The number of ether oxygens (including phenoxy) is 1. The van der Waals surface area contributed by atoms with Gasteiger partial charge < -0.3 is 10.1 Å². The molecule has 0 aliphatic carbocycles. The van der Waals surface area contributed by atoms with Gasteiger partial charge in [0.2, 0.25) is 5.88 Å². The van der Waals surface area contributed by atoms with Gasteiger partial charge in [0.15, 0.2) is 5.17 Å². The van der Waals surface area contributed by atoms with Gasteiger partial charge in [-0.05, 0) is 11.5 Å². The molecule has 5 heteroatoms. The SMILES string of the molecule is COc1ccc(CN=C2NC(C(C)C)CS2)cn1. The molecule has 2 rings (SSSR count). The van der Waals surface area contributed by atoms with E-state index < -0.39 is 0 Å². The van der Waals surface area contributed by atoms with Gasteiger partial charge >= 0.3 is 0 Å². The van der Waals surface area contributed by atoms with E-state index in [4.69, 9.17) is 4.74 Å². The fourth-order valence-electron chi connectivity index (χ4n) is 1.65. The van der Waals surface area contributed by atoms with E-state index >= 15 is 0 Å². The third-order valence-electron chi connectivity index (χ3n) is 2.93. The van der Waals surface area contributed by atoms with Crippen molar-refractivity contribution in [1.82, 2.24) is 10.3 Å². The van der Waals surface area contributed by atoms with Gasteiger partial charge in [-0.2, -0.15) is 0 Å². The molecule has 1 aliphatic heterocycles. The molecule has 1 N–H and O–H groups in total. The summed E-state index contributed by atoms with van der Waals surface area (Å²) in [5.41, 5.74) is 1.10. The number of nitrogens with one attached hydrogen (secondary N) is 1. The number of amidine groups is 1. The average molecular weight is 265 g/mol. The lowest BCUT2D eigenvalue weighted by atomic mass is 10.1. The first-order chi connectivity index (χ1) is 8.69. The number of hydrogen-bond donors (Lipinski definition) is 1. The van der Waals surface area contributed by atoms with Crippen LogP contribution in [0.2, 0.25) is 0 Å². The lowest BCUT2D eigenvalue weighted by Gasteiger charge is -2.13. The monoisotopic (exact) mass is 265 g/mol. The summed E-state index contributed by atoms with van der Waals surface area (Å²) in [5, 5.41) is 4.50. The van der Waals surface area contributed by atoms with Crippen molar-refractivity contribution >= 4 is 16.9 Å². The second kappa shape index (κ2) is 6.09. The summed E-state index contributed by atoms with van der Waals surface area (Å²) in [6, 6.07) is 4.40. The van der Waals surface area contributed by atoms with Crippen LogP contribution in [0, 0.1) is 5.92 Å². The van der Waals surface area contributed by atoms with E-state index in [9.17, 15) is 0 Å². The molecule has 1 aromatic rings. The zero-order valence-electron chi connectivity index (χ0n) is 11.0. The highest BCUT2D eigenvalue weighted by Crippen LogP contribution is 2.19. The van der Waals surface area contributed by atoms with Crippen molar-refractivity contribution in [3.05, 3.63) is 23.9 Å². The van der Waals surface area contributed by atoms with E-state index in [0.29, 0.717) is 24.4 Å². The van der Waals surface area contributed by atoms with E-state index in [1.807, 2.05) is 18.3 Å². The zero-order chi connectivity index (χ0) is 13.0. The molecule has 1 fully saturated rings. The van der Waals surface area contributed by atoms with Gasteiger partial charge in [-0.15, -0.1) is 0 Å². The first-order valence-corrected chi connectivity index (χ1v) is 7.10. The van der Waals surface area contributed by atoms with E-state index in [2.05, 4.69) is 29.1 Å². The zero-order valence-corrected chi connectivity index (χ0v) is 11.8. The number of hydrogen-bond acceptors (Lipinski definition) is 4. The lowest BCUT2D eigenvalue weighted by molar-refractivity contribution is 0.397. The number of methoxy groups -OCH3 is 1. The lowest BCUT2D eigenvalue weighted by Crippen LogP contribution is -2.31. The maximum absolute atomic E-state index is 5.02. The van der Waals surface area contributed by atoms with Crippen LogP contribution >= 0.6 is 11.8 Å². The van der Waals surface area contributed by atoms with Crippen LogP contribution < -0.4 is 10.1 Å². The van der Waals surface area contributed by atoms with Crippen LogP contribution in [0.5, 0.6) is 5.88 Å². The van der Waals surface area contributed by atoms with Crippen LogP contribution in [-0.2, 0) is 6.54 Å². The number of aliphatic imine (C=N–C) groups is 1. The summed E-state index contributed by atoms with van der Waals surface area (Å²) in [6.07, 6.45) is 1.81. The second-order valence-electron chi connectivity index (χ2n) is 4.64. The average Bonchev–Trinajstić information content (AvgIpc) is 2.86. The Bertz CT molecular complexity index is 417. The highest BCUT2D eigenvalue weighted by atomic mass is 32.2. The van der Waals surface area contributed by atoms with Gasteiger partial charge in [0.05, 0.1) is 13.7 Å². The summed E-state index contributed by atoms with van der Waals surface area (Å²) in [5.74, 6) is 2.39. The Morgan fingerprint density at radius 1 is 1.56 bits per heavy atom. The topological polar surface area (TPSA) is 46.5 Å². The molecular formula is C13H19N3OS. The molecule has 0 radical (unpaired) electrons. The molecule has 2 heterocycles. The van der Waals surface area contributed by atoms with Crippen LogP contribution in [-0.4, -0.2) is 29.1 Å². The Balaban J connectivity index is 1.90. The fourth-order valence-corrected chi connectivity index (χ4v) is 2.85. The Labute approximate surface area is 112 Å². The number of nitrogens with zero attached hydrogens (tertiary/aromatic N) is 2. The Hall–Kier alpha value is -1.23. The molecule has 0 aromatic carbocycles. The molecule has 1 unspecified atom stereocenters. The van der Waals surface area contributed by atoms with E-state index in [1.165, 1.54) is 0 Å². The van der Waals surface area contributed by atoms with Gasteiger partial charge in [-0.3, -0.25) is 4.99 Å². The Morgan fingerprint density at radius 3 is 2.94 bits per heavy atom. The van der Waals surface area contributed by atoms with E-state index in [-0.39, 0.29) is 0 Å². The second-order valence-corrected chi connectivity index (χ2v) is 5.64. The summed E-state index contributed by atoms with van der Waals surface area (Å²) in [6.45, 7) is 5.13. The third kappa shape index (κ3) is 3.38. The molecule has 4 nitrogen and oxygen atoms in total. The predicted octanol–water partition coefficient (Wildman–Crippen LogP) is 2.31. The standard InChI is InChI=1S/C13H19N3OS/c1-9(2)11-8-18-13(16-11)15-7-10-4-5-12(17-3)14-6-10/h4-6,9,11H,7-8H2,1-3H3,(H,15,16). The quantitative estimate of drug-likeness (QED) is 0.907. The molecule has 0 bridgehead atoms. The van der Waals surface area contributed by atoms with E-state index in [1.54, 1.807) is 18.9 Å². The van der Waals surface area contributed by atoms with Crippen molar-refractivity contribution in [3.8, 4) is 5.88 Å². The summed E-state index contributed by atoms with van der Waals surface area (Å²) in [4.78, 5) is 8.74. The summed E-state index contributed by atoms with van der Waals surface area (Å²) < 4.78 is 5.02. The Kier molecular flexibility index (Phi) is 4.47. The number of thioether (sulfide) groups is 1. The molecule has 1 aromatic heterocycles. The number of pyridine rings is 1. The normalized spacial score (nSPS) is 21.3. The molecule has 1 atom stereocenters. The molecule has 0 amide bonds. The summed E-state index contributed by atoms with van der Waals surface area (Å²) >= 11 is 1.80. The van der Waals surface area contributed by atoms with Crippen molar-refractivity contribution in [3.63, 3.8) is 0 Å².